The maximum absolute atomic E-state index is 12.5. The number of hydrogen-bond acceptors (Lipinski definition) is 5. The first-order chi connectivity index (χ1) is 17.9. The number of hydrogen-bond donors (Lipinski definition) is 1. The zero-order valence-corrected chi connectivity index (χ0v) is 22.3. The van der Waals surface area contributed by atoms with Crippen LogP contribution in [0, 0.1) is 0 Å². The number of nitrogens with one attached hydrogen (secondary N) is 1. The Hall–Kier alpha value is -3.65. The molecule has 9 heteroatoms. The van der Waals surface area contributed by atoms with E-state index >= 15 is 0 Å². The van der Waals surface area contributed by atoms with Crippen LogP contribution >= 0.6 is 39.1 Å². The average molecular weight is 598 g/mol. The van der Waals surface area contributed by atoms with Crippen molar-refractivity contribution in [3.8, 4) is 11.5 Å². The molecule has 0 aliphatic heterocycles. The van der Waals surface area contributed by atoms with Crippen LogP contribution in [0.3, 0.4) is 0 Å². The number of halogens is 3. The van der Waals surface area contributed by atoms with Gasteiger partial charge in [-0.05, 0) is 66.7 Å². The number of rotatable bonds is 8. The van der Waals surface area contributed by atoms with E-state index in [9.17, 15) is 9.59 Å². The summed E-state index contributed by atoms with van der Waals surface area (Å²) >= 11 is 15.5. The molecule has 4 rings (SSSR count). The lowest BCUT2D eigenvalue weighted by Crippen LogP contribution is -2.17. The van der Waals surface area contributed by atoms with E-state index in [0.29, 0.717) is 38.2 Å². The summed E-state index contributed by atoms with van der Waals surface area (Å²) < 4.78 is 12.0. The standard InChI is InChI=1S/C28H19BrCl2N2O4/c29-22-9-13-26(37-28(35)19-4-2-1-3-5-19)21(14-22)16-32-33-27(34)18-7-11-24(12-8-18)36-17-20-6-10-23(30)15-25(20)31/h1-16H,17H2,(H,33,34)/b32-16+. The molecule has 0 heterocycles. The Morgan fingerprint density at radius 1 is 0.892 bits per heavy atom. The molecule has 0 aliphatic carbocycles. The van der Waals surface area contributed by atoms with Crippen molar-refractivity contribution in [2.75, 3.05) is 0 Å². The highest BCUT2D eigenvalue weighted by atomic mass is 79.9. The van der Waals surface area contributed by atoms with Gasteiger partial charge in [0.1, 0.15) is 18.1 Å². The van der Waals surface area contributed by atoms with Crippen molar-refractivity contribution in [2.24, 2.45) is 5.10 Å². The summed E-state index contributed by atoms with van der Waals surface area (Å²) in [5, 5.41) is 5.09. The van der Waals surface area contributed by atoms with Crippen molar-refractivity contribution in [1.82, 2.24) is 5.43 Å². The van der Waals surface area contributed by atoms with Crippen LogP contribution in [0.4, 0.5) is 0 Å². The fourth-order valence-electron chi connectivity index (χ4n) is 3.17. The minimum absolute atomic E-state index is 0.260. The first kappa shape index (κ1) is 26.4. The van der Waals surface area contributed by atoms with Crippen LogP contribution in [0.25, 0.3) is 0 Å². The molecule has 6 nitrogen and oxygen atoms in total. The van der Waals surface area contributed by atoms with Gasteiger partial charge in [-0.3, -0.25) is 4.79 Å². The van der Waals surface area contributed by atoms with Crippen molar-refractivity contribution >= 4 is 57.2 Å². The molecule has 0 fully saturated rings. The highest BCUT2D eigenvalue weighted by molar-refractivity contribution is 9.10. The number of carbonyl (C=O) groups excluding carboxylic acids is 2. The molecule has 1 amide bonds. The monoisotopic (exact) mass is 596 g/mol. The van der Waals surface area contributed by atoms with Gasteiger partial charge in [0.2, 0.25) is 0 Å². The summed E-state index contributed by atoms with van der Waals surface area (Å²) in [5.74, 6) is -0.0361. The summed E-state index contributed by atoms with van der Waals surface area (Å²) in [6.07, 6.45) is 1.41. The van der Waals surface area contributed by atoms with Gasteiger partial charge in [0.05, 0.1) is 11.8 Å². The van der Waals surface area contributed by atoms with Gasteiger partial charge in [0.25, 0.3) is 5.91 Å². The minimum atomic E-state index is -0.498. The van der Waals surface area contributed by atoms with Gasteiger partial charge in [-0.25, -0.2) is 10.2 Å². The average Bonchev–Trinajstić information content (AvgIpc) is 2.90. The van der Waals surface area contributed by atoms with Gasteiger partial charge in [-0.15, -0.1) is 0 Å². The molecule has 0 radical (unpaired) electrons. The van der Waals surface area contributed by atoms with E-state index in [4.69, 9.17) is 32.7 Å². The number of nitrogens with zero attached hydrogens (tertiary/aromatic N) is 1. The lowest BCUT2D eigenvalue weighted by atomic mass is 10.2. The molecule has 1 N–H and O–H groups in total. The third-order valence-electron chi connectivity index (χ3n) is 5.08. The number of benzene rings is 4. The minimum Gasteiger partial charge on any atom is -0.489 e. The predicted molar refractivity (Wildman–Crippen MR) is 148 cm³/mol. The van der Waals surface area contributed by atoms with Gasteiger partial charge < -0.3 is 9.47 Å². The Bertz CT molecular complexity index is 1440. The lowest BCUT2D eigenvalue weighted by molar-refractivity contribution is 0.0734. The molecule has 0 bridgehead atoms. The van der Waals surface area contributed by atoms with E-state index in [1.54, 1.807) is 84.9 Å². The maximum Gasteiger partial charge on any atom is 0.343 e. The van der Waals surface area contributed by atoms with Crippen LogP contribution in [-0.4, -0.2) is 18.1 Å². The van der Waals surface area contributed by atoms with Crippen molar-refractivity contribution in [1.29, 1.82) is 0 Å². The molecule has 0 aromatic heterocycles. The number of hydrazone groups is 1. The van der Waals surface area contributed by atoms with E-state index in [0.717, 1.165) is 10.0 Å². The molecular formula is C28H19BrCl2N2O4. The summed E-state index contributed by atoms with van der Waals surface area (Å²) in [5.41, 5.74) is 4.58. The first-order valence-corrected chi connectivity index (χ1v) is 12.5. The molecule has 4 aromatic carbocycles. The van der Waals surface area contributed by atoms with Gasteiger partial charge >= 0.3 is 5.97 Å². The normalized spacial score (nSPS) is 10.8. The summed E-state index contributed by atoms with van der Waals surface area (Å²) in [6.45, 7) is 0.260. The van der Waals surface area contributed by atoms with Crippen LogP contribution in [0.2, 0.25) is 10.0 Å². The topological polar surface area (TPSA) is 77.0 Å². The highest BCUT2D eigenvalue weighted by Gasteiger charge is 2.12. The van der Waals surface area contributed by atoms with Crippen LogP contribution in [-0.2, 0) is 6.61 Å². The van der Waals surface area contributed by atoms with Crippen molar-refractivity contribution in [2.45, 2.75) is 6.61 Å². The van der Waals surface area contributed by atoms with Crippen LogP contribution < -0.4 is 14.9 Å². The fourth-order valence-corrected chi connectivity index (χ4v) is 4.02. The molecule has 37 heavy (non-hydrogen) atoms. The molecule has 0 saturated carbocycles. The van der Waals surface area contributed by atoms with Crippen molar-refractivity contribution < 1.29 is 19.1 Å². The van der Waals surface area contributed by atoms with E-state index in [2.05, 4.69) is 26.5 Å². The zero-order chi connectivity index (χ0) is 26.2. The quantitative estimate of drug-likeness (QED) is 0.0999. The Morgan fingerprint density at radius 2 is 1.65 bits per heavy atom. The molecule has 0 aliphatic rings. The number of amides is 1. The maximum atomic E-state index is 12.5. The second kappa shape index (κ2) is 12.5. The molecule has 0 unspecified atom stereocenters. The van der Waals surface area contributed by atoms with Gasteiger partial charge in [-0.1, -0.05) is 63.4 Å². The van der Waals surface area contributed by atoms with E-state index < -0.39 is 11.9 Å². The fraction of sp³-hybridized carbons (Fsp3) is 0.0357. The van der Waals surface area contributed by atoms with E-state index in [1.807, 2.05) is 6.07 Å². The van der Waals surface area contributed by atoms with Gasteiger partial charge in [-0.2, -0.15) is 5.10 Å². The number of carbonyl (C=O) groups is 2. The third kappa shape index (κ3) is 7.43. The second-order valence-corrected chi connectivity index (χ2v) is 9.44. The predicted octanol–water partition coefficient (Wildman–Crippen LogP) is 7.32. The Morgan fingerprint density at radius 3 is 2.38 bits per heavy atom. The number of esters is 1. The van der Waals surface area contributed by atoms with E-state index in [-0.39, 0.29) is 6.61 Å². The lowest BCUT2D eigenvalue weighted by Gasteiger charge is -2.09. The summed E-state index contributed by atoms with van der Waals surface area (Å²) in [4.78, 5) is 25.0. The summed E-state index contributed by atoms with van der Waals surface area (Å²) in [6, 6.07) is 25.6. The van der Waals surface area contributed by atoms with Crippen molar-refractivity contribution in [3.05, 3.63) is 128 Å². The molecular weight excluding hydrogens is 579 g/mol. The third-order valence-corrected chi connectivity index (χ3v) is 6.16. The van der Waals surface area contributed by atoms with Crippen LogP contribution in [0.15, 0.2) is 101 Å². The zero-order valence-electron chi connectivity index (χ0n) is 19.2. The second-order valence-electron chi connectivity index (χ2n) is 7.69. The van der Waals surface area contributed by atoms with Gasteiger partial charge in [0, 0.05) is 31.2 Å². The molecule has 186 valence electrons. The summed E-state index contributed by atoms with van der Waals surface area (Å²) in [7, 11) is 0. The Labute approximate surface area is 232 Å². The van der Waals surface area contributed by atoms with E-state index in [1.165, 1.54) is 6.21 Å². The largest absolute Gasteiger partial charge is 0.489 e. The van der Waals surface area contributed by atoms with Crippen LogP contribution in [0.1, 0.15) is 31.8 Å². The first-order valence-electron chi connectivity index (χ1n) is 11.0. The van der Waals surface area contributed by atoms with Gasteiger partial charge in [0.15, 0.2) is 0 Å². The Balaban J connectivity index is 1.36. The molecule has 0 atom stereocenters. The Kier molecular flexibility index (Phi) is 8.95. The number of ether oxygens (including phenoxy) is 2. The SMILES string of the molecule is O=C(N/N=C/c1cc(Br)ccc1OC(=O)c1ccccc1)c1ccc(OCc2ccc(Cl)cc2Cl)cc1. The van der Waals surface area contributed by atoms with Crippen LogP contribution in [0.5, 0.6) is 11.5 Å². The molecule has 0 saturated heterocycles. The smallest absolute Gasteiger partial charge is 0.343 e. The molecule has 0 spiro atoms. The molecule has 4 aromatic rings. The highest BCUT2D eigenvalue weighted by Crippen LogP contribution is 2.24. The van der Waals surface area contributed by atoms with Crippen molar-refractivity contribution in [3.63, 3.8) is 0 Å².